The van der Waals surface area contributed by atoms with Crippen LogP contribution in [-0.2, 0) is 6.42 Å². The van der Waals surface area contributed by atoms with Gasteiger partial charge in [0.25, 0.3) is 0 Å². The summed E-state index contributed by atoms with van der Waals surface area (Å²) in [7, 11) is 0. The zero-order valence-corrected chi connectivity index (χ0v) is 30.4. The van der Waals surface area contributed by atoms with Gasteiger partial charge in [0, 0.05) is 12.4 Å². The highest BCUT2D eigenvalue weighted by molar-refractivity contribution is 5.98. The summed E-state index contributed by atoms with van der Waals surface area (Å²) in [6.45, 7) is 4.34. The predicted octanol–water partition coefficient (Wildman–Crippen LogP) is 13.1. The van der Waals surface area contributed by atoms with Crippen molar-refractivity contribution in [3.8, 4) is 22.3 Å². The third kappa shape index (κ3) is 7.62. The molecule has 1 aromatic heterocycles. The third-order valence-corrected chi connectivity index (χ3v) is 10.4. The molecule has 0 bridgehead atoms. The number of aromatic nitrogens is 1. The van der Waals surface area contributed by atoms with Crippen LogP contribution in [0.5, 0.6) is 0 Å². The van der Waals surface area contributed by atoms with Gasteiger partial charge >= 0.3 is 0 Å². The van der Waals surface area contributed by atoms with Crippen LogP contribution in [0, 0.1) is 5.41 Å². The SMILES string of the molecule is C=C(CC/C=C/c1cc2ccccc2c2c1CCC=C2)C(=N)NC(/C=C/c1ccc(-c2cccnc2)cc1)c1ccc(-c2cccc3ccccc23)cc1. The predicted molar refractivity (Wildman–Crippen MR) is 230 cm³/mol. The molecule has 0 amide bonds. The van der Waals surface area contributed by atoms with Crippen molar-refractivity contribution in [1.82, 2.24) is 10.3 Å². The van der Waals surface area contributed by atoms with Crippen molar-refractivity contribution < 1.29 is 0 Å². The molecule has 1 atom stereocenters. The topological polar surface area (TPSA) is 48.8 Å². The summed E-state index contributed by atoms with van der Waals surface area (Å²) in [4.78, 5) is 4.27. The van der Waals surface area contributed by atoms with Gasteiger partial charge in [-0.2, -0.15) is 0 Å². The molecular formula is C51H43N3. The van der Waals surface area contributed by atoms with Gasteiger partial charge in [-0.25, -0.2) is 0 Å². The largest absolute Gasteiger partial charge is 0.360 e. The summed E-state index contributed by atoms with van der Waals surface area (Å²) < 4.78 is 0. The first-order valence-corrected chi connectivity index (χ1v) is 18.8. The summed E-state index contributed by atoms with van der Waals surface area (Å²) in [5, 5.41) is 17.6. The molecule has 1 unspecified atom stereocenters. The van der Waals surface area contributed by atoms with Crippen LogP contribution in [0.15, 0.2) is 176 Å². The van der Waals surface area contributed by atoms with Crippen LogP contribution < -0.4 is 5.32 Å². The van der Waals surface area contributed by atoms with Gasteiger partial charge in [-0.3, -0.25) is 10.4 Å². The Morgan fingerprint density at radius 3 is 2.33 bits per heavy atom. The smallest absolute Gasteiger partial charge is 0.121 e. The van der Waals surface area contributed by atoms with E-state index < -0.39 is 0 Å². The number of nitrogens with one attached hydrogen (secondary N) is 2. The van der Waals surface area contributed by atoms with Gasteiger partial charge in [0.1, 0.15) is 5.84 Å². The number of benzene rings is 6. The van der Waals surface area contributed by atoms with Crippen molar-refractivity contribution in [1.29, 1.82) is 5.41 Å². The molecule has 1 aliphatic rings. The average molecular weight is 698 g/mol. The Hall–Kier alpha value is -6.58. The minimum atomic E-state index is -0.221. The van der Waals surface area contributed by atoms with Crippen molar-refractivity contribution in [2.24, 2.45) is 0 Å². The first-order chi connectivity index (χ1) is 26.6. The molecule has 7 aromatic rings. The maximum atomic E-state index is 9.08. The molecule has 0 radical (unpaired) electrons. The van der Waals surface area contributed by atoms with Gasteiger partial charge in [0.05, 0.1) is 6.04 Å². The Balaban J connectivity index is 0.995. The molecule has 3 nitrogen and oxygen atoms in total. The van der Waals surface area contributed by atoms with Crippen LogP contribution in [0.2, 0.25) is 0 Å². The van der Waals surface area contributed by atoms with E-state index in [4.69, 9.17) is 5.41 Å². The van der Waals surface area contributed by atoms with E-state index in [0.29, 0.717) is 12.3 Å². The zero-order valence-electron chi connectivity index (χ0n) is 30.4. The van der Waals surface area contributed by atoms with E-state index in [0.717, 1.165) is 47.1 Å². The molecule has 262 valence electrons. The van der Waals surface area contributed by atoms with Crippen molar-refractivity contribution >= 4 is 45.6 Å². The lowest BCUT2D eigenvalue weighted by Gasteiger charge is -2.19. The quantitative estimate of drug-likeness (QED) is 0.104. The Kier molecular flexibility index (Phi) is 10.2. The van der Waals surface area contributed by atoms with Gasteiger partial charge < -0.3 is 5.32 Å². The number of amidine groups is 1. The highest BCUT2D eigenvalue weighted by Crippen LogP contribution is 2.33. The van der Waals surface area contributed by atoms with Crippen LogP contribution in [0.4, 0.5) is 0 Å². The van der Waals surface area contributed by atoms with Gasteiger partial charge in [-0.15, -0.1) is 0 Å². The second-order valence-corrected chi connectivity index (χ2v) is 13.9. The normalized spacial score (nSPS) is 13.0. The second kappa shape index (κ2) is 16.0. The molecule has 54 heavy (non-hydrogen) atoms. The van der Waals surface area contributed by atoms with Crippen molar-refractivity contribution in [3.63, 3.8) is 0 Å². The standard InChI is InChI=1S/C51H43N3/c1-36(12-2-3-14-42-34-43-15-5-7-19-47(43)49-21-9-8-20-48(42)49)51(52)54-50(32-25-37-23-26-38(27-24-37)44-17-11-33-53-35-44)41-30-28-40(29-31-41)46-22-10-16-39-13-4-6-18-45(39)46/h3-7,9-11,13-19,21-35,50H,1-2,8,12,20H2,(H2,52,54)/b14-3+,32-25+. The molecule has 3 heteroatoms. The highest BCUT2D eigenvalue weighted by atomic mass is 15.0. The summed E-state index contributed by atoms with van der Waals surface area (Å²) in [5.74, 6) is 0.358. The van der Waals surface area contributed by atoms with Crippen molar-refractivity contribution in [3.05, 3.63) is 204 Å². The van der Waals surface area contributed by atoms with Gasteiger partial charge in [0.2, 0.25) is 0 Å². The number of fused-ring (bicyclic) bond motifs is 4. The maximum absolute atomic E-state index is 9.08. The van der Waals surface area contributed by atoms with E-state index in [2.05, 4.69) is 181 Å². The lowest BCUT2D eigenvalue weighted by molar-refractivity contribution is 0.784. The van der Waals surface area contributed by atoms with Gasteiger partial charge in [-0.05, 0) is 115 Å². The average Bonchev–Trinajstić information content (AvgIpc) is 3.24. The lowest BCUT2D eigenvalue weighted by atomic mass is 9.88. The van der Waals surface area contributed by atoms with Gasteiger partial charge in [0.15, 0.2) is 0 Å². The second-order valence-electron chi connectivity index (χ2n) is 13.9. The number of hydrogen-bond donors (Lipinski definition) is 2. The van der Waals surface area contributed by atoms with Crippen LogP contribution in [-0.4, -0.2) is 10.8 Å². The molecule has 0 aliphatic heterocycles. The number of hydrogen-bond acceptors (Lipinski definition) is 2. The van der Waals surface area contributed by atoms with Crippen LogP contribution in [0.25, 0.3) is 62.0 Å². The molecular weight excluding hydrogens is 655 g/mol. The van der Waals surface area contributed by atoms with E-state index in [1.54, 1.807) is 6.20 Å². The molecule has 1 heterocycles. The summed E-state index contributed by atoms with van der Waals surface area (Å²) >= 11 is 0. The van der Waals surface area contributed by atoms with E-state index in [9.17, 15) is 0 Å². The summed E-state index contributed by atoms with van der Waals surface area (Å²) in [5.41, 5.74) is 11.6. The molecule has 1 aliphatic carbocycles. The van der Waals surface area contributed by atoms with E-state index in [1.807, 2.05) is 12.3 Å². The molecule has 2 N–H and O–H groups in total. The van der Waals surface area contributed by atoms with Crippen LogP contribution in [0.1, 0.15) is 53.1 Å². The van der Waals surface area contributed by atoms with E-state index >= 15 is 0 Å². The minimum absolute atomic E-state index is 0.221. The first kappa shape index (κ1) is 34.5. The number of nitrogens with zero attached hydrogens (tertiary/aromatic N) is 1. The number of allylic oxidation sites excluding steroid dienone is 2. The van der Waals surface area contributed by atoms with Crippen molar-refractivity contribution in [2.45, 2.75) is 31.7 Å². The Bertz CT molecular complexity index is 2530. The number of pyridine rings is 1. The van der Waals surface area contributed by atoms with Gasteiger partial charge in [-0.1, -0.05) is 164 Å². The van der Waals surface area contributed by atoms with Crippen molar-refractivity contribution in [2.75, 3.05) is 0 Å². The molecule has 0 fully saturated rings. The third-order valence-electron chi connectivity index (χ3n) is 10.4. The lowest BCUT2D eigenvalue weighted by Crippen LogP contribution is -2.27. The fourth-order valence-electron chi connectivity index (χ4n) is 7.46. The fraction of sp³-hybridized carbons (Fsp3) is 0.0980. The fourth-order valence-corrected chi connectivity index (χ4v) is 7.46. The Morgan fingerprint density at radius 1 is 0.759 bits per heavy atom. The first-order valence-electron chi connectivity index (χ1n) is 18.8. The number of rotatable bonds is 11. The maximum Gasteiger partial charge on any atom is 0.121 e. The zero-order chi connectivity index (χ0) is 36.7. The molecule has 6 aromatic carbocycles. The molecule has 0 spiro atoms. The monoisotopic (exact) mass is 697 g/mol. The molecule has 8 rings (SSSR count). The van der Waals surface area contributed by atoms with Crippen LogP contribution >= 0.6 is 0 Å². The Morgan fingerprint density at radius 2 is 1.52 bits per heavy atom. The molecule has 0 saturated heterocycles. The Labute approximate surface area is 318 Å². The van der Waals surface area contributed by atoms with Crippen LogP contribution in [0.3, 0.4) is 0 Å². The van der Waals surface area contributed by atoms with E-state index in [-0.39, 0.29) is 6.04 Å². The molecule has 0 saturated carbocycles. The summed E-state index contributed by atoms with van der Waals surface area (Å²) in [6.07, 6.45) is 20.7. The van der Waals surface area contributed by atoms with E-state index in [1.165, 1.54) is 49.4 Å². The highest BCUT2D eigenvalue weighted by Gasteiger charge is 2.14. The minimum Gasteiger partial charge on any atom is -0.360 e. The summed E-state index contributed by atoms with van der Waals surface area (Å²) in [6, 6.07) is 47.0.